The van der Waals surface area contributed by atoms with E-state index in [0.717, 1.165) is 15.6 Å². The zero-order valence-electron chi connectivity index (χ0n) is 17.7. The van der Waals surface area contributed by atoms with Crippen molar-refractivity contribution in [2.24, 2.45) is 0 Å². The number of rotatable bonds is 6. The highest BCUT2D eigenvalue weighted by atomic mass is 32.2. The third-order valence-electron chi connectivity index (χ3n) is 5.25. The molecule has 0 saturated heterocycles. The Kier molecular flexibility index (Phi) is 6.68. The Bertz CT molecular complexity index is 1310. The number of sulfonamides is 1. The van der Waals surface area contributed by atoms with Crippen molar-refractivity contribution in [1.29, 1.82) is 0 Å². The molecule has 0 aliphatic carbocycles. The van der Waals surface area contributed by atoms with Crippen molar-refractivity contribution in [3.8, 4) is 11.5 Å². The molecule has 10 nitrogen and oxygen atoms in total. The lowest BCUT2D eigenvalue weighted by Gasteiger charge is -2.36. The number of nitrogens with one attached hydrogen (secondary N) is 1. The van der Waals surface area contributed by atoms with E-state index in [9.17, 15) is 28.3 Å². The van der Waals surface area contributed by atoms with Gasteiger partial charge in [-0.2, -0.15) is 4.31 Å². The molecule has 3 aromatic rings. The van der Waals surface area contributed by atoms with Gasteiger partial charge in [-0.3, -0.25) is 10.0 Å². The molecule has 2 unspecified atom stereocenters. The monoisotopic (exact) mass is 504 g/mol. The summed E-state index contributed by atoms with van der Waals surface area (Å²) in [6, 6.07) is 13.6. The van der Waals surface area contributed by atoms with E-state index in [1.807, 2.05) is 0 Å². The molecule has 34 heavy (non-hydrogen) atoms. The van der Waals surface area contributed by atoms with E-state index in [1.165, 1.54) is 42.9 Å². The van der Waals surface area contributed by atoms with Crippen LogP contribution in [0.5, 0.6) is 11.5 Å². The summed E-state index contributed by atoms with van der Waals surface area (Å²) in [6.45, 7) is -0.312. The fourth-order valence-electron chi connectivity index (χ4n) is 3.59. The van der Waals surface area contributed by atoms with Crippen LogP contribution in [-0.4, -0.2) is 48.1 Å². The first-order chi connectivity index (χ1) is 16.3. The summed E-state index contributed by atoms with van der Waals surface area (Å²) in [5, 5.41) is 20.1. The van der Waals surface area contributed by atoms with Gasteiger partial charge in [-0.25, -0.2) is 18.7 Å². The number of hydrogen-bond donors (Lipinski definition) is 3. The summed E-state index contributed by atoms with van der Waals surface area (Å²) in [6.07, 6.45) is -1.63. The van der Waals surface area contributed by atoms with Gasteiger partial charge in [-0.05, 0) is 48.0 Å². The predicted octanol–water partition coefficient (Wildman–Crippen LogP) is 2.09. The SMILES string of the molecule is COc1ccc(S(=O)(=O)N2Cc3cc(C(=O)Oc4ccccc4)sc3C(O)C2C(=O)NO)cc1. The van der Waals surface area contributed by atoms with Gasteiger partial charge in [0.1, 0.15) is 28.5 Å². The molecule has 2 heterocycles. The molecule has 1 aromatic heterocycles. The quantitative estimate of drug-likeness (QED) is 0.200. The van der Waals surface area contributed by atoms with Crippen LogP contribution in [0.25, 0.3) is 0 Å². The van der Waals surface area contributed by atoms with Gasteiger partial charge in [0.25, 0.3) is 5.91 Å². The van der Waals surface area contributed by atoms with Gasteiger partial charge in [0.15, 0.2) is 0 Å². The maximum Gasteiger partial charge on any atom is 0.353 e. The molecular weight excluding hydrogens is 484 g/mol. The van der Waals surface area contributed by atoms with Crippen molar-refractivity contribution < 1.29 is 37.8 Å². The molecule has 4 rings (SSSR count). The summed E-state index contributed by atoms with van der Waals surface area (Å²) in [7, 11) is -2.86. The minimum atomic E-state index is -4.29. The van der Waals surface area contributed by atoms with Crippen molar-refractivity contribution in [3.05, 3.63) is 76.0 Å². The summed E-state index contributed by atoms with van der Waals surface area (Å²) < 4.78 is 37.9. The van der Waals surface area contributed by atoms with Crippen molar-refractivity contribution in [2.75, 3.05) is 7.11 Å². The number of hydrogen-bond acceptors (Lipinski definition) is 9. The first-order valence-corrected chi connectivity index (χ1v) is 12.2. The molecule has 0 bridgehead atoms. The van der Waals surface area contributed by atoms with Crippen LogP contribution in [0.15, 0.2) is 65.6 Å². The predicted molar refractivity (Wildman–Crippen MR) is 120 cm³/mol. The fraction of sp³-hybridized carbons (Fsp3) is 0.182. The van der Waals surface area contributed by atoms with Crippen LogP contribution >= 0.6 is 11.3 Å². The number of carbonyl (C=O) groups excluding carboxylic acids is 2. The number of benzene rings is 2. The molecule has 178 valence electrons. The first-order valence-electron chi connectivity index (χ1n) is 9.94. The molecule has 1 amide bonds. The van der Waals surface area contributed by atoms with Crippen molar-refractivity contribution in [1.82, 2.24) is 9.79 Å². The van der Waals surface area contributed by atoms with E-state index in [4.69, 9.17) is 9.47 Å². The maximum atomic E-state index is 13.4. The minimum absolute atomic E-state index is 0.125. The number of fused-ring (bicyclic) bond motifs is 1. The van der Waals surface area contributed by atoms with Gasteiger partial charge >= 0.3 is 5.97 Å². The number of esters is 1. The van der Waals surface area contributed by atoms with E-state index in [-0.39, 0.29) is 21.2 Å². The Balaban J connectivity index is 1.70. The van der Waals surface area contributed by atoms with Crippen LogP contribution in [0, 0.1) is 0 Å². The van der Waals surface area contributed by atoms with Crippen molar-refractivity contribution in [2.45, 2.75) is 23.6 Å². The molecule has 0 saturated carbocycles. The molecule has 2 aromatic carbocycles. The molecule has 0 fully saturated rings. The molecule has 2 atom stereocenters. The fourth-order valence-corrected chi connectivity index (χ4v) is 6.23. The summed E-state index contributed by atoms with van der Waals surface area (Å²) in [4.78, 5) is 25.3. The highest BCUT2D eigenvalue weighted by Crippen LogP contribution is 2.40. The number of aliphatic hydroxyl groups is 1. The molecule has 1 aliphatic rings. The second-order valence-corrected chi connectivity index (χ2v) is 10.3. The molecule has 0 radical (unpaired) electrons. The van der Waals surface area contributed by atoms with E-state index in [2.05, 4.69) is 0 Å². The number of aliphatic hydroxyl groups excluding tert-OH is 1. The lowest BCUT2D eigenvalue weighted by Crippen LogP contribution is -2.53. The van der Waals surface area contributed by atoms with Crippen LogP contribution in [0.3, 0.4) is 0 Å². The Morgan fingerprint density at radius 3 is 2.38 bits per heavy atom. The maximum absolute atomic E-state index is 13.4. The molecule has 3 N–H and O–H groups in total. The first kappa shape index (κ1) is 23.9. The Labute approximate surface area is 199 Å². The number of methoxy groups -OCH3 is 1. The van der Waals surface area contributed by atoms with E-state index >= 15 is 0 Å². The lowest BCUT2D eigenvalue weighted by molar-refractivity contribution is -0.137. The van der Waals surface area contributed by atoms with E-state index in [1.54, 1.807) is 30.3 Å². The van der Waals surface area contributed by atoms with Gasteiger partial charge in [0, 0.05) is 11.4 Å². The van der Waals surface area contributed by atoms with Crippen LogP contribution in [0.1, 0.15) is 26.2 Å². The van der Waals surface area contributed by atoms with Gasteiger partial charge in [0.2, 0.25) is 10.0 Å². The summed E-state index contributed by atoms with van der Waals surface area (Å²) in [5.74, 6) is -1.05. The Morgan fingerprint density at radius 2 is 1.76 bits per heavy atom. The Hall–Kier alpha value is -3.29. The molecule has 0 spiro atoms. The number of carbonyl (C=O) groups is 2. The van der Waals surface area contributed by atoms with Crippen LogP contribution in [0.2, 0.25) is 0 Å². The van der Waals surface area contributed by atoms with Gasteiger partial charge < -0.3 is 14.6 Å². The highest BCUT2D eigenvalue weighted by molar-refractivity contribution is 7.89. The zero-order chi connectivity index (χ0) is 24.5. The average molecular weight is 505 g/mol. The Morgan fingerprint density at radius 1 is 1.09 bits per heavy atom. The third-order valence-corrected chi connectivity index (χ3v) is 8.32. The second kappa shape index (κ2) is 9.52. The molecule has 1 aliphatic heterocycles. The number of amides is 1. The molecule has 12 heteroatoms. The minimum Gasteiger partial charge on any atom is -0.497 e. The van der Waals surface area contributed by atoms with E-state index < -0.39 is 34.0 Å². The number of thiophene rings is 1. The second-order valence-electron chi connectivity index (χ2n) is 7.29. The summed E-state index contributed by atoms with van der Waals surface area (Å²) >= 11 is 0.892. The number of hydroxylamine groups is 1. The normalized spacial score (nSPS) is 18.1. The largest absolute Gasteiger partial charge is 0.497 e. The van der Waals surface area contributed by atoms with Crippen LogP contribution < -0.4 is 15.0 Å². The van der Waals surface area contributed by atoms with Crippen LogP contribution in [0.4, 0.5) is 0 Å². The summed E-state index contributed by atoms with van der Waals surface area (Å²) in [5.41, 5.74) is 1.76. The van der Waals surface area contributed by atoms with Crippen LogP contribution in [-0.2, 0) is 21.4 Å². The zero-order valence-corrected chi connectivity index (χ0v) is 19.4. The smallest absolute Gasteiger partial charge is 0.353 e. The van der Waals surface area contributed by atoms with Gasteiger partial charge in [0.05, 0.1) is 12.0 Å². The standard InChI is InChI=1S/C22H20N2O8S2/c1-31-14-7-9-16(10-8-14)34(29,30)24-12-13-11-17(22(27)32-15-5-3-2-4-6-15)33-20(13)19(25)18(24)21(26)23-28/h2-11,18-19,25,28H,12H2,1H3,(H,23,26). The average Bonchev–Trinajstić information content (AvgIpc) is 3.29. The number of nitrogens with zero attached hydrogens (tertiary/aromatic N) is 1. The number of ether oxygens (including phenoxy) is 2. The molecular formula is C22H20N2O8S2. The van der Waals surface area contributed by atoms with Gasteiger partial charge in [-0.15, -0.1) is 11.3 Å². The lowest BCUT2D eigenvalue weighted by atomic mass is 10.0. The van der Waals surface area contributed by atoms with Crippen molar-refractivity contribution in [3.63, 3.8) is 0 Å². The van der Waals surface area contributed by atoms with Crippen molar-refractivity contribution >= 4 is 33.2 Å². The van der Waals surface area contributed by atoms with E-state index in [0.29, 0.717) is 17.1 Å². The third kappa shape index (κ3) is 4.41. The highest BCUT2D eigenvalue weighted by Gasteiger charge is 2.46. The van der Waals surface area contributed by atoms with Gasteiger partial charge in [-0.1, -0.05) is 18.2 Å². The number of para-hydroxylation sites is 1. The topological polar surface area (TPSA) is 142 Å².